The van der Waals surface area contributed by atoms with Crippen molar-refractivity contribution in [2.45, 2.75) is 20.0 Å². The molecular weight excluding hydrogens is 320 g/mol. The first-order valence-corrected chi connectivity index (χ1v) is 8.19. The number of ether oxygens (including phenoxy) is 3. The molecule has 2 heterocycles. The van der Waals surface area contributed by atoms with Gasteiger partial charge in [-0.25, -0.2) is 9.98 Å². The summed E-state index contributed by atoms with van der Waals surface area (Å²) in [6, 6.07) is 11.5. The lowest BCUT2D eigenvalue weighted by Gasteiger charge is -2.11. The molecule has 0 aliphatic carbocycles. The molecule has 0 bridgehead atoms. The highest BCUT2D eigenvalue weighted by Gasteiger charge is 2.13. The van der Waals surface area contributed by atoms with E-state index in [-0.39, 0.29) is 6.79 Å². The molecule has 1 aromatic carbocycles. The van der Waals surface area contributed by atoms with E-state index < -0.39 is 0 Å². The van der Waals surface area contributed by atoms with Crippen LogP contribution in [0, 0.1) is 0 Å². The molecule has 0 saturated heterocycles. The highest BCUT2D eigenvalue weighted by Crippen LogP contribution is 2.32. The fourth-order valence-electron chi connectivity index (χ4n) is 2.40. The van der Waals surface area contributed by atoms with E-state index in [1.165, 1.54) is 0 Å². The van der Waals surface area contributed by atoms with Crippen molar-refractivity contribution in [3.8, 4) is 17.4 Å². The number of aromatic nitrogens is 1. The molecule has 3 rings (SSSR count). The average molecular weight is 342 g/mol. The molecule has 0 saturated carbocycles. The Kier molecular flexibility index (Phi) is 5.56. The van der Waals surface area contributed by atoms with Gasteiger partial charge in [-0.1, -0.05) is 12.1 Å². The number of hydrogen-bond acceptors (Lipinski definition) is 5. The summed E-state index contributed by atoms with van der Waals surface area (Å²) in [7, 11) is 1.61. The molecule has 7 nitrogen and oxygen atoms in total. The van der Waals surface area contributed by atoms with E-state index in [4.69, 9.17) is 14.2 Å². The van der Waals surface area contributed by atoms with E-state index in [9.17, 15) is 0 Å². The third kappa shape index (κ3) is 4.53. The average Bonchev–Trinajstić information content (AvgIpc) is 3.12. The lowest BCUT2D eigenvalue weighted by Crippen LogP contribution is -2.37. The van der Waals surface area contributed by atoms with Crippen LogP contribution in [0.2, 0.25) is 0 Å². The topological polar surface area (TPSA) is 77.0 Å². The highest BCUT2D eigenvalue weighted by atomic mass is 16.7. The monoisotopic (exact) mass is 342 g/mol. The van der Waals surface area contributed by atoms with Gasteiger partial charge < -0.3 is 24.8 Å². The lowest BCUT2D eigenvalue weighted by molar-refractivity contribution is 0.174. The second-order valence-corrected chi connectivity index (χ2v) is 5.41. The fraction of sp³-hybridized carbons (Fsp3) is 0.333. The van der Waals surface area contributed by atoms with E-state index >= 15 is 0 Å². The molecule has 2 aromatic rings. The van der Waals surface area contributed by atoms with Crippen LogP contribution in [0.5, 0.6) is 17.4 Å². The molecule has 0 fully saturated rings. The quantitative estimate of drug-likeness (QED) is 0.618. The largest absolute Gasteiger partial charge is 0.481 e. The predicted octanol–water partition coefficient (Wildman–Crippen LogP) is 2.07. The van der Waals surface area contributed by atoms with E-state index in [1.807, 2.05) is 43.3 Å². The zero-order chi connectivity index (χ0) is 17.5. The van der Waals surface area contributed by atoms with Crippen molar-refractivity contribution in [1.29, 1.82) is 0 Å². The number of aliphatic imine (C=N–C) groups is 1. The maximum Gasteiger partial charge on any atom is 0.231 e. The summed E-state index contributed by atoms with van der Waals surface area (Å²) in [6.07, 6.45) is 0. The van der Waals surface area contributed by atoms with Crippen LogP contribution >= 0.6 is 0 Å². The van der Waals surface area contributed by atoms with Gasteiger partial charge in [0.05, 0.1) is 25.9 Å². The van der Waals surface area contributed by atoms with Crippen LogP contribution in [-0.2, 0) is 13.1 Å². The zero-order valence-corrected chi connectivity index (χ0v) is 14.4. The van der Waals surface area contributed by atoms with Gasteiger partial charge in [0.1, 0.15) is 0 Å². The molecule has 1 aromatic heterocycles. The molecule has 132 valence electrons. The predicted molar refractivity (Wildman–Crippen MR) is 95.0 cm³/mol. The summed E-state index contributed by atoms with van der Waals surface area (Å²) in [5.74, 6) is 2.87. The van der Waals surface area contributed by atoms with Crippen molar-refractivity contribution in [2.24, 2.45) is 4.99 Å². The van der Waals surface area contributed by atoms with Crippen LogP contribution in [-0.4, -0.2) is 31.4 Å². The lowest BCUT2D eigenvalue weighted by atomic mass is 10.2. The van der Waals surface area contributed by atoms with Crippen LogP contribution in [0.4, 0.5) is 0 Å². The Morgan fingerprint density at radius 1 is 1.20 bits per heavy atom. The summed E-state index contributed by atoms with van der Waals surface area (Å²) in [5, 5.41) is 6.50. The van der Waals surface area contributed by atoms with Gasteiger partial charge in [0.2, 0.25) is 12.7 Å². The normalized spacial score (nSPS) is 12.8. The standard InChI is InChI=1S/C18H22N4O3/c1-3-19-18(21-11-14-5-4-6-17(22-14)23-2)20-10-13-7-8-15-16(9-13)25-12-24-15/h4-9H,3,10-12H2,1-2H3,(H2,19,20,21). The molecule has 0 spiro atoms. The molecule has 0 unspecified atom stereocenters. The van der Waals surface area contributed by atoms with Crippen molar-refractivity contribution in [2.75, 3.05) is 20.4 Å². The first-order chi connectivity index (χ1) is 12.3. The van der Waals surface area contributed by atoms with Crippen LogP contribution in [0.3, 0.4) is 0 Å². The highest BCUT2D eigenvalue weighted by molar-refractivity contribution is 5.79. The summed E-state index contributed by atoms with van der Waals surface area (Å²) < 4.78 is 15.9. The number of methoxy groups -OCH3 is 1. The number of pyridine rings is 1. The van der Waals surface area contributed by atoms with Gasteiger partial charge in [-0.2, -0.15) is 0 Å². The van der Waals surface area contributed by atoms with Gasteiger partial charge in [-0.3, -0.25) is 0 Å². The molecule has 2 N–H and O–H groups in total. The Bertz CT molecular complexity index is 749. The molecule has 0 radical (unpaired) electrons. The van der Waals surface area contributed by atoms with Crippen molar-refractivity contribution in [3.63, 3.8) is 0 Å². The van der Waals surface area contributed by atoms with Gasteiger partial charge in [0, 0.05) is 12.6 Å². The summed E-state index contributed by atoms with van der Waals surface area (Å²) in [4.78, 5) is 8.99. The van der Waals surface area contributed by atoms with Crippen molar-refractivity contribution < 1.29 is 14.2 Å². The number of rotatable bonds is 6. The first kappa shape index (κ1) is 16.9. The second-order valence-electron chi connectivity index (χ2n) is 5.41. The number of nitrogens with zero attached hydrogens (tertiary/aromatic N) is 2. The van der Waals surface area contributed by atoms with Crippen LogP contribution < -0.4 is 24.8 Å². The van der Waals surface area contributed by atoms with Crippen LogP contribution in [0.1, 0.15) is 18.2 Å². The number of hydrogen-bond donors (Lipinski definition) is 2. The van der Waals surface area contributed by atoms with Crippen LogP contribution in [0.15, 0.2) is 41.4 Å². The molecule has 1 aliphatic rings. The Labute approximate surface area is 147 Å². The van der Waals surface area contributed by atoms with Gasteiger partial charge in [0.25, 0.3) is 0 Å². The smallest absolute Gasteiger partial charge is 0.231 e. The van der Waals surface area contributed by atoms with Gasteiger partial charge in [0.15, 0.2) is 17.5 Å². The van der Waals surface area contributed by atoms with Crippen molar-refractivity contribution in [3.05, 3.63) is 47.7 Å². The van der Waals surface area contributed by atoms with E-state index in [2.05, 4.69) is 20.6 Å². The minimum Gasteiger partial charge on any atom is -0.481 e. The molecule has 1 aliphatic heterocycles. The van der Waals surface area contributed by atoms with Gasteiger partial charge in [-0.05, 0) is 30.7 Å². The Balaban J connectivity index is 1.62. The third-order valence-corrected chi connectivity index (χ3v) is 3.63. The number of fused-ring (bicyclic) bond motifs is 1. The first-order valence-electron chi connectivity index (χ1n) is 8.19. The molecule has 7 heteroatoms. The zero-order valence-electron chi connectivity index (χ0n) is 14.4. The number of guanidine groups is 1. The minimum absolute atomic E-state index is 0.278. The van der Waals surface area contributed by atoms with Crippen molar-refractivity contribution in [1.82, 2.24) is 15.6 Å². The van der Waals surface area contributed by atoms with E-state index in [0.29, 0.717) is 19.0 Å². The Hall–Kier alpha value is -2.96. The van der Waals surface area contributed by atoms with E-state index in [0.717, 1.165) is 35.3 Å². The number of benzene rings is 1. The molecule has 25 heavy (non-hydrogen) atoms. The summed E-state index contributed by atoms with van der Waals surface area (Å²) >= 11 is 0. The minimum atomic E-state index is 0.278. The van der Waals surface area contributed by atoms with Crippen LogP contribution in [0.25, 0.3) is 0 Å². The Morgan fingerprint density at radius 3 is 2.92 bits per heavy atom. The maximum atomic E-state index is 5.40. The van der Waals surface area contributed by atoms with Crippen molar-refractivity contribution >= 4 is 5.96 Å². The third-order valence-electron chi connectivity index (χ3n) is 3.63. The van der Waals surface area contributed by atoms with E-state index in [1.54, 1.807) is 7.11 Å². The van der Waals surface area contributed by atoms with Gasteiger partial charge in [-0.15, -0.1) is 0 Å². The number of nitrogens with one attached hydrogen (secondary N) is 2. The molecule has 0 amide bonds. The maximum absolute atomic E-state index is 5.40. The van der Waals surface area contributed by atoms with Gasteiger partial charge >= 0.3 is 0 Å². The Morgan fingerprint density at radius 2 is 2.08 bits per heavy atom. The second kappa shape index (κ2) is 8.23. The fourth-order valence-corrected chi connectivity index (χ4v) is 2.40. The SMILES string of the molecule is CCNC(=NCc1ccc2c(c1)OCO2)NCc1cccc(OC)n1. The summed E-state index contributed by atoms with van der Waals surface area (Å²) in [6.45, 7) is 4.18. The molecular formula is C18H22N4O3. The molecule has 0 atom stereocenters. The summed E-state index contributed by atoms with van der Waals surface area (Å²) in [5.41, 5.74) is 1.94.